The molecule has 0 bridgehead atoms. The van der Waals surface area contributed by atoms with E-state index in [9.17, 15) is 0 Å². The summed E-state index contributed by atoms with van der Waals surface area (Å²) in [6, 6.07) is 9.09. The van der Waals surface area contributed by atoms with E-state index < -0.39 is 0 Å². The van der Waals surface area contributed by atoms with Crippen LogP contribution in [-0.2, 0) is 0 Å². The fraction of sp³-hybridized carbons (Fsp3) is 0.522. The van der Waals surface area contributed by atoms with E-state index >= 15 is 0 Å². The molecule has 2 aliphatic heterocycles. The van der Waals surface area contributed by atoms with Crippen molar-refractivity contribution >= 4 is 16.7 Å². The molecule has 7 nitrogen and oxygen atoms in total. The van der Waals surface area contributed by atoms with Crippen molar-refractivity contribution in [1.29, 1.82) is 0 Å². The van der Waals surface area contributed by atoms with E-state index in [0.717, 1.165) is 62.5 Å². The number of aryl methyl sites for hydroxylation is 1. The molecule has 5 rings (SSSR count). The van der Waals surface area contributed by atoms with E-state index in [1.165, 1.54) is 16.8 Å². The second-order valence-corrected chi connectivity index (χ2v) is 8.81. The lowest BCUT2D eigenvalue weighted by Gasteiger charge is -2.38. The number of H-pyrrole nitrogens is 1. The highest BCUT2D eigenvalue weighted by molar-refractivity contribution is 5.89. The predicted molar refractivity (Wildman–Crippen MR) is 120 cm³/mol. The molecule has 4 heterocycles. The molecule has 158 valence electrons. The SMILES string of the molecule is Cc1ccnnc1[C@@H]1CCC[C@H](c2nc3cccc(N4CCN(C)CC4)c3[nH]2)N1C. The van der Waals surface area contributed by atoms with Crippen LogP contribution in [0.25, 0.3) is 11.0 Å². The van der Waals surface area contributed by atoms with Gasteiger partial charge in [0.1, 0.15) is 5.82 Å². The Kier molecular flexibility index (Phi) is 5.16. The first-order valence-electron chi connectivity index (χ1n) is 11.0. The van der Waals surface area contributed by atoms with Crippen LogP contribution in [0.4, 0.5) is 5.69 Å². The Labute approximate surface area is 178 Å². The Balaban J connectivity index is 1.46. The number of likely N-dealkylation sites (tertiary alicyclic amines) is 1. The van der Waals surface area contributed by atoms with Crippen LogP contribution in [0.3, 0.4) is 0 Å². The Morgan fingerprint density at radius 2 is 1.80 bits per heavy atom. The van der Waals surface area contributed by atoms with Gasteiger partial charge in [-0.25, -0.2) is 4.98 Å². The molecule has 0 radical (unpaired) electrons. The molecule has 2 fully saturated rings. The number of aromatic nitrogens is 4. The molecule has 30 heavy (non-hydrogen) atoms. The number of piperidine rings is 1. The minimum atomic E-state index is 0.262. The number of hydrogen-bond donors (Lipinski definition) is 1. The highest BCUT2D eigenvalue weighted by atomic mass is 15.3. The standard InChI is InChI=1S/C23H31N7/c1-16-10-11-24-27-21(16)18-7-5-9-20(29(18)3)23-25-17-6-4-8-19(22(17)26-23)30-14-12-28(2)13-15-30/h4,6,8,10-11,18,20H,5,7,9,12-15H2,1-3H3,(H,25,26)/t18-,20+/m0/s1. The van der Waals surface area contributed by atoms with Crippen LogP contribution in [0.5, 0.6) is 0 Å². The van der Waals surface area contributed by atoms with Gasteiger partial charge in [0, 0.05) is 32.4 Å². The van der Waals surface area contributed by atoms with Crippen LogP contribution in [0.1, 0.15) is 48.4 Å². The van der Waals surface area contributed by atoms with Crippen molar-refractivity contribution in [1.82, 2.24) is 30.0 Å². The summed E-state index contributed by atoms with van der Waals surface area (Å²) in [6.45, 7) is 6.44. The lowest BCUT2D eigenvalue weighted by molar-refractivity contribution is 0.106. The van der Waals surface area contributed by atoms with Gasteiger partial charge in [-0.15, -0.1) is 0 Å². The quantitative estimate of drug-likeness (QED) is 0.721. The van der Waals surface area contributed by atoms with Crippen LogP contribution < -0.4 is 4.90 Å². The maximum Gasteiger partial charge on any atom is 0.124 e. The predicted octanol–water partition coefficient (Wildman–Crippen LogP) is 3.31. The number of likely N-dealkylation sites (N-methyl/N-ethyl adjacent to an activating group) is 1. The summed E-state index contributed by atoms with van der Waals surface area (Å²) in [5.74, 6) is 1.07. The molecule has 2 aromatic heterocycles. The van der Waals surface area contributed by atoms with Crippen LogP contribution in [0.2, 0.25) is 0 Å². The molecule has 0 aliphatic carbocycles. The van der Waals surface area contributed by atoms with E-state index in [4.69, 9.17) is 4.98 Å². The van der Waals surface area contributed by atoms with Gasteiger partial charge < -0.3 is 14.8 Å². The molecular weight excluding hydrogens is 374 g/mol. The molecule has 0 spiro atoms. The van der Waals surface area contributed by atoms with E-state index in [2.05, 4.69) is 75.2 Å². The van der Waals surface area contributed by atoms with Gasteiger partial charge in [-0.1, -0.05) is 6.07 Å². The summed E-state index contributed by atoms with van der Waals surface area (Å²) in [6.07, 6.45) is 5.16. The summed E-state index contributed by atoms with van der Waals surface area (Å²) in [5, 5.41) is 8.62. The number of hydrogen-bond acceptors (Lipinski definition) is 6. The van der Waals surface area contributed by atoms with Gasteiger partial charge in [-0.05, 0) is 64.0 Å². The fourth-order valence-corrected chi connectivity index (χ4v) is 5.03. The first kappa shape index (κ1) is 19.5. The summed E-state index contributed by atoms with van der Waals surface area (Å²) in [4.78, 5) is 16.1. The largest absolute Gasteiger partial charge is 0.367 e. The average Bonchev–Trinajstić information content (AvgIpc) is 3.19. The van der Waals surface area contributed by atoms with E-state index in [1.54, 1.807) is 6.20 Å². The third-order valence-electron chi connectivity index (χ3n) is 6.89. The molecule has 1 N–H and O–H groups in total. The Hall–Kier alpha value is -2.51. The summed E-state index contributed by atoms with van der Waals surface area (Å²) >= 11 is 0. The van der Waals surface area contributed by atoms with Gasteiger partial charge in [0.25, 0.3) is 0 Å². The highest BCUT2D eigenvalue weighted by Crippen LogP contribution is 2.40. The van der Waals surface area contributed by atoms with Gasteiger partial charge in [0.05, 0.1) is 34.5 Å². The highest BCUT2D eigenvalue weighted by Gasteiger charge is 2.33. The normalized spacial score (nSPS) is 23.9. The molecule has 1 aromatic carbocycles. The zero-order valence-electron chi connectivity index (χ0n) is 18.2. The van der Waals surface area contributed by atoms with Crippen molar-refractivity contribution in [2.24, 2.45) is 0 Å². The molecule has 0 saturated carbocycles. The van der Waals surface area contributed by atoms with Crippen molar-refractivity contribution in [3.8, 4) is 0 Å². The number of para-hydroxylation sites is 1. The maximum absolute atomic E-state index is 5.04. The first-order valence-corrected chi connectivity index (χ1v) is 11.0. The number of nitrogens with one attached hydrogen (secondary N) is 1. The third-order valence-corrected chi connectivity index (χ3v) is 6.89. The molecule has 0 unspecified atom stereocenters. The molecule has 2 atom stereocenters. The number of nitrogens with zero attached hydrogens (tertiary/aromatic N) is 6. The molecule has 2 saturated heterocycles. The Morgan fingerprint density at radius 1 is 1.00 bits per heavy atom. The molecule has 0 amide bonds. The van der Waals surface area contributed by atoms with Crippen LogP contribution in [0.15, 0.2) is 30.5 Å². The minimum Gasteiger partial charge on any atom is -0.367 e. The second-order valence-electron chi connectivity index (χ2n) is 8.81. The van der Waals surface area contributed by atoms with E-state index in [1.807, 2.05) is 0 Å². The van der Waals surface area contributed by atoms with Gasteiger partial charge in [-0.2, -0.15) is 10.2 Å². The number of rotatable bonds is 3. The van der Waals surface area contributed by atoms with Gasteiger partial charge >= 0.3 is 0 Å². The Bertz CT molecular complexity index is 1020. The topological polar surface area (TPSA) is 64.2 Å². The number of aromatic amines is 1. The van der Waals surface area contributed by atoms with E-state index in [-0.39, 0.29) is 12.1 Å². The molecule has 3 aromatic rings. The van der Waals surface area contributed by atoms with Gasteiger partial charge in [0.2, 0.25) is 0 Å². The van der Waals surface area contributed by atoms with Crippen LogP contribution in [-0.4, -0.2) is 70.2 Å². The number of imidazole rings is 1. The summed E-state index contributed by atoms with van der Waals surface area (Å²) < 4.78 is 0. The van der Waals surface area contributed by atoms with Crippen molar-refractivity contribution in [3.05, 3.63) is 47.5 Å². The maximum atomic E-state index is 5.04. The van der Waals surface area contributed by atoms with Crippen LogP contribution >= 0.6 is 0 Å². The molecule has 2 aliphatic rings. The fourth-order valence-electron chi connectivity index (χ4n) is 5.03. The molecular formula is C23H31N7. The van der Waals surface area contributed by atoms with Crippen molar-refractivity contribution in [3.63, 3.8) is 0 Å². The molecule has 7 heteroatoms. The monoisotopic (exact) mass is 405 g/mol. The number of piperazine rings is 1. The van der Waals surface area contributed by atoms with E-state index in [0.29, 0.717) is 0 Å². The van der Waals surface area contributed by atoms with Gasteiger partial charge in [-0.3, -0.25) is 4.90 Å². The second kappa shape index (κ2) is 7.96. The summed E-state index contributed by atoms with van der Waals surface area (Å²) in [7, 11) is 4.40. The lowest BCUT2D eigenvalue weighted by atomic mass is 9.92. The van der Waals surface area contributed by atoms with Crippen molar-refractivity contribution in [2.75, 3.05) is 45.2 Å². The third kappa shape index (κ3) is 3.46. The van der Waals surface area contributed by atoms with Crippen molar-refractivity contribution < 1.29 is 0 Å². The first-order chi connectivity index (χ1) is 14.6. The Morgan fingerprint density at radius 3 is 2.60 bits per heavy atom. The van der Waals surface area contributed by atoms with Gasteiger partial charge in [0.15, 0.2) is 0 Å². The smallest absolute Gasteiger partial charge is 0.124 e. The zero-order valence-corrected chi connectivity index (χ0v) is 18.2. The van der Waals surface area contributed by atoms with Crippen molar-refractivity contribution in [2.45, 2.75) is 38.3 Å². The lowest BCUT2D eigenvalue weighted by Crippen LogP contribution is -2.44. The number of benzene rings is 1. The number of anilines is 1. The number of fused-ring (bicyclic) bond motifs is 1. The van der Waals surface area contributed by atoms with Crippen LogP contribution in [0, 0.1) is 6.92 Å². The minimum absolute atomic E-state index is 0.262. The summed E-state index contributed by atoms with van der Waals surface area (Å²) in [5.41, 5.74) is 5.82. The average molecular weight is 406 g/mol. The zero-order chi connectivity index (χ0) is 20.7.